The van der Waals surface area contributed by atoms with Crippen LogP contribution in [0.15, 0.2) is 18.2 Å². The molecule has 0 aromatic rings. The number of rotatable bonds is 0. The van der Waals surface area contributed by atoms with Gasteiger partial charge < -0.3 is 17.3 Å². The van der Waals surface area contributed by atoms with Gasteiger partial charge in [-0.25, -0.2) is 12.2 Å². The molecule has 0 heterocycles. The van der Waals surface area contributed by atoms with Crippen LogP contribution in [0.5, 0.6) is 0 Å². The molecule has 1 rings (SSSR count). The largest absolute Gasteiger partial charge is 2.00 e. The zero-order valence-electron chi connectivity index (χ0n) is 7.48. The maximum absolute atomic E-state index is 9.75. The molecule has 83 valence electrons. The fourth-order valence-electron chi connectivity index (χ4n) is 0.805. The standard InChI is InChI=1S/C8H11.BF4.Rh/c1-2-4-6-8-7-5-3-1;2-1(3,4)5;/h1-3H,4,6-8H2;;/q2*-1;+2/b2-1-;;. The summed E-state index contributed by atoms with van der Waals surface area (Å²) in [5, 5.41) is 0. The molecule has 0 bridgehead atoms. The molecule has 1 aliphatic carbocycles. The van der Waals surface area contributed by atoms with Crippen LogP contribution in [0.4, 0.5) is 17.3 Å². The van der Waals surface area contributed by atoms with Crippen LogP contribution < -0.4 is 0 Å². The van der Waals surface area contributed by atoms with Crippen LogP contribution in [0.3, 0.4) is 0 Å². The molecule has 14 heavy (non-hydrogen) atoms. The van der Waals surface area contributed by atoms with Crippen LogP contribution in [-0.2, 0) is 19.5 Å². The number of halogens is 4. The maximum Gasteiger partial charge on any atom is 2.00 e. The van der Waals surface area contributed by atoms with Crippen LogP contribution in [0.1, 0.15) is 25.7 Å². The third-order valence-electron chi connectivity index (χ3n) is 1.29. The predicted molar refractivity (Wildman–Crippen MR) is 45.6 cm³/mol. The minimum absolute atomic E-state index is 0. The second-order valence-electron chi connectivity index (χ2n) is 2.54. The Hall–Kier alpha value is -0.112. The number of allylic oxidation sites excluding steroid dienone is 4. The van der Waals surface area contributed by atoms with Gasteiger partial charge in [0.25, 0.3) is 0 Å². The van der Waals surface area contributed by atoms with Gasteiger partial charge in [-0.1, -0.05) is 19.3 Å². The molecule has 0 fully saturated rings. The van der Waals surface area contributed by atoms with E-state index in [1.807, 2.05) is 6.08 Å². The second kappa shape index (κ2) is 9.44. The normalized spacial score (nSPS) is 18.0. The van der Waals surface area contributed by atoms with Gasteiger partial charge >= 0.3 is 26.7 Å². The van der Waals surface area contributed by atoms with Gasteiger partial charge in [-0.15, -0.1) is 6.42 Å². The average Bonchev–Trinajstić information content (AvgIpc) is 1.79. The fraction of sp³-hybridized carbons (Fsp3) is 0.500. The first-order chi connectivity index (χ1) is 6.00. The van der Waals surface area contributed by atoms with Crippen molar-refractivity contribution in [3.63, 3.8) is 0 Å². The van der Waals surface area contributed by atoms with Crippen molar-refractivity contribution in [2.24, 2.45) is 0 Å². The maximum atomic E-state index is 9.75. The van der Waals surface area contributed by atoms with Crippen molar-refractivity contribution in [3.05, 3.63) is 24.3 Å². The summed E-state index contributed by atoms with van der Waals surface area (Å²) in [6.45, 7) is 0. The van der Waals surface area contributed by atoms with Crippen LogP contribution >= 0.6 is 0 Å². The van der Waals surface area contributed by atoms with Gasteiger partial charge in [0.2, 0.25) is 0 Å². The minimum atomic E-state index is -6.00. The summed E-state index contributed by atoms with van der Waals surface area (Å²) in [4.78, 5) is 0. The van der Waals surface area contributed by atoms with E-state index in [1.54, 1.807) is 0 Å². The molecule has 1 aliphatic rings. The van der Waals surface area contributed by atoms with Gasteiger partial charge in [0.1, 0.15) is 0 Å². The van der Waals surface area contributed by atoms with E-state index < -0.39 is 7.25 Å². The Labute approximate surface area is 94.3 Å². The Balaban J connectivity index is 0. The Morgan fingerprint density at radius 3 is 2.21 bits per heavy atom. The summed E-state index contributed by atoms with van der Waals surface area (Å²) in [6.07, 6.45) is 14.5. The van der Waals surface area contributed by atoms with Gasteiger partial charge in [0, 0.05) is 0 Å². The topological polar surface area (TPSA) is 0 Å². The number of hydrogen-bond donors (Lipinski definition) is 0. The predicted octanol–water partition coefficient (Wildman–Crippen LogP) is 3.77. The summed E-state index contributed by atoms with van der Waals surface area (Å²) in [6, 6.07) is 0. The smallest absolute Gasteiger partial charge is 0.418 e. The molecule has 0 N–H and O–H groups in total. The Bertz CT molecular complexity index is 157. The first-order valence-corrected chi connectivity index (χ1v) is 4.09. The fourth-order valence-corrected chi connectivity index (χ4v) is 0.805. The average molecular weight is 297 g/mol. The van der Waals surface area contributed by atoms with Crippen LogP contribution in [0.25, 0.3) is 0 Å². The molecule has 0 atom stereocenters. The van der Waals surface area contributed by atoms with E-state index in [1.165, 1.54) is 19.3 Å². The third-order valence-corrected chi connectivity index (χ3v) is 1.29. The van der Waals surface area contributed by atoms with E-state index in [4.69, 9.17) is 0 Å². The summed E-state index contributed by atoms with van der Waals surface area (Å²) in [7, 11) is -6.00. The van der Waals surface area contributed by atoms with E-state index in [-0.39, 0.29) is 19.5 Å². The first kappa shape index (κ1) is 16.3. The molecule has 0 saturated heterocycles. The van der Waals surface area contributed by atoms with Gasteiger partial charge in [-0.05, 0) is 0 Å². The molecular formula is C8H11BF4Rh. The Kier molecular flexibility index (Phi) is 11.0. The van der Waals surface area contributed by atoms with Crippen molar-refractivity contribution in [1.29, 1.82) is 0 Å². The summed E-state index contributed by atoms with van der Waals surface area (Å²) in [5.41, 5.74) is 0. The van der Waals surface area contributed by atoms with E-state index in [2.05, 4.69) is 18.2 Å². The third kappa shape index (κ3) is 22.7. The van der Waals surface area contributed by atoms with E-state index >= 15 is 0 Å². The molecule has 0 amide bonds. The van der Waals surface area contributed by atoms with Crippen molar-refractivity contribution in [2.45, 2.75) is 25.7 Å². The quantitative estimate of drug-likeness (QED) is 0.363. The molecule has 0 aliphatic heterocycles. The molecule has 0 saturated carbocycles. The minimum Gasteiger partial charge on any atom is -0.418 e. The summed E-state index contributed by atoms with van der Waals surface area (Å²) < 4.78 is 39.0. The van der Waals surface area contributed by atoms with Crippen molar-refractivity contribution >= 4 is 7.25 Å². The number of hydrogen-bond acceptors (Lipinski definition) is 0. The van der Waals surface area contributed by atoms with Crippen molar-refractivity contribution in [3.8, 4) is 0 Å². The second-order valence-corrected chi connectivity index (χ2v) is 2.54. The van der Waals surface area contributed by atoms with Crippen LogP contribution in [0.2, 0.25) is 0 Å². The molecule has 6 heteroatoms. The van der Waals surface area contributed by atoms with Gasteiger partial charge in [0.05, 0.1) is 0 Å². The van der Waals surface area contributed by atoms with Crippen molar-refractivity contribution < 1.29 is 36.7 Å². The molecule has 0 aromatic carbocycles. The molecule has 0 nitrogen and oxygen atoms in total. The van der Waals surface area contributed by atoms with E-state index in [9.17, 15) is 17.3 Å². The van der Waals surface area contributed by atoms with Crippen molar-refractivity contribution in [1.82, 2.24) is 0 Å². The molecule has 0 spiro atoms. The van der Waals surface area contributed by atoms with Crippen molar-refractivity contribution in [2.75, 3.05) is 0 Å². The summed E-state index contributed by atoms with van der Waals surface area (Å²) >= 11 is 0. The van der Waals surface area contributed by atoms with Crippen LogP contribution in [-0.4, -0.2) is 7.25 Å². The Morgan fingerprint density at radius 2 is 1.64 bits per heavy atom. The van der Waals surface area contributed by atoms with Gasteiger partial charge in [-0.3, -0.25) is 6.08 Å². The monoisotopic (exact) mass is 297 g/mol. The Morgan fingerprint density at radius 1 is 1.07 bits per heavy atom. The van der Waals surface area contributed by atoms with E-state index in [0.29, 0.717) is 0 Å². The van der Waals surface area contributed by atoms with Gasteiger partial charge in [0.15, 0.2) is 0 Å². The zero-order valence-corrected chi connectivity index (χ0v) is 9.12. The SMILES string of the molecule is F[B-](F)(F)F.[C-]1=C/C=C\CCCC1.[Rh+2]. The molecular weight excluding hydrogens is 286 g/mol. The van der Waals surface area contributed by atoms with E-state index in [0.717, 1.165) is 6.42 Å². The molecule has 0 unspecified atom stereocenters. The zero-order chi connectivity index (χ0) is 10.2. The first-order valence-electron chi connectivity index (χ1n) is 4.09. The van der Waals surface area contributed by atoms with Crippen LogP contribution in [0, 0.1) is 6.08 Å². The molecule has 1 radical (unpaired) electrons. The van der Waals surface area contributed by atoms with Gasteiger partial charge in [-0.2, -0.15) is 6.08 Å². The summed E-state index contributed by atoms with van der Waals surface area (Å²) in [5.74, 6) is 0. The molecule has 0 aromatic heterocycles.